The van der Waals surface area contributed by atoms with E-state index in [0.29, 0.717) is 11.6 Å². The molecule has 1 N–H and O–H groups in total. The first kappa shape index (κ1) is 23.8. The Labute approximate surface area is 208 Å². The van der Waals surface area contributed by atoms with E-state index in [2.05, 4.69) is 16.8 Å². The molecular weight excluding hydrogens is 434 g/mol. The number of nitrogens with zero attached hydrogens (tertiary/aromatic N) is 3. The Morgan fingerprint density at radius 2 is 1.57 bits per heavy atom. The molecule has 0 saturated heterocycles. The summed E-state index contributed by atoms with van der Waals surface area (Å²) in [4.78, 5) is 16.7. The van der Waals surface area contributed by atoms with Gasteiger partial charge in [0.25, 0.3) is 0 Å². The van der Waals surface area contributed by atoms with Crippen LogP contribution in [-0.2, 0) is 12.8 Å². The second-order valence-electron chi connectivity index (χ2n) is 10.4. The number of rotatable bonds is 8. The summed E-state index contributed by atoms with van der Waals surface area (Å²) in [6.45, 7) is 0. The Balaban J connectivity index is 1.34. The standard InChI is InChI=1S/C30H37N3O2/c34-30(35)27-14-8-7-13-26(27)24-18-15-23(16-19-24)21-29-31-28(20-17-22-9-3-1-4-10-22)32-33(29)25-11-5-2-6-12-25/h7-8,13-16,18-19,22,25H,1-6,9-12,17,20-21H2,(H,34,35). The van der Waals surface area contributed by atoms with Crippen molar-refractivity contribution in [2.75, 3.05) is 0 Å². The number of aryl methyl sites for hydroxylation is 1. The number of hydrogen-bond acceptors (Lipinski definition) is 3. The number of hydrogen-bond donors (Lipinski definition) is 1. The largest absolute Gasteiger partial charge is 0.478 e. The van der Waals surface area contributed by atoms with Gasteiger partial charge < -0.3 is 5.11 Å². The smallest absolute Gasteiger partial charge is 0.336 e. The monoisotopic (exact) mass is 471 g/mol. The first-order valence-electron chi connectivity index (χ1n) is 13.5. The van der Waals surface area contributed by atoms with Crippen molar-refractivity contribution in [2.24, 2.45) is 5.92 Å². The number of carboxylic acids is 1. The summed E-state index contributed by atoms with van der Waals surface area (Å²) in [6, 6.07) is 15.9. The van der Waals surface area contributed by atoms with Gasteiger partial charge in [-0.05, 0) is 47.9 Å². The normalized spacial score (nSPS) is 17.5. The van der Waals surface area contributed by atoms with E-state index in [0.717, 1.165) is 41.5 Å². The van der Waals surface area contributed by atoms with Gasteiger partial charge in [0.2, 0.25) is 0 Å². The van der Waals surface area contributed by atoms with Crippen molar-refractivity contribution in [1.82, 2.24) is 14.8 Å². The molecule has 2 aliphatic carbocycles. The maximum Gasteiger partial charge on any atom is 0.336 e. The van der Waals surface area contributed by atoms with E-state index in [-0.39, 0.29) is 0 Å². The van der Waals surface area contributed by atoms with Crippen LogP contribution in [0.25, 0.3) is 11.1 Å². The van der Waals surface area contributed by atoms with Gasteiger partial charge in [-0.3, -0.25) is 0 Å². The molecule has 1 heterocycles. The Hall–Kier alpha value is -2.95. The zero-order valence-electron chi connectivity index (χ0n) is 20.7. The van der Waals surface area contributed by atoms with Crippen LogP contribution >= 0.6 is 0 Å². The Morgan fingerprint density at radius 1 is 0.886 bits per heavy atom. The first-order chi connectivity index (χ1) is 17.2. The third-order valence-electron chi connectivity index (χ3n) is 7.95. The minimum atomic E-state index is -0.897. The minimum Gasteiger partial charge on any atom is -0.478 e. The van der Waals surface area contributed by atoms with Crippen molar-refractivity contribution in [3.8, 4) is 11.1 Å². The van der Waals surface area contributed by atoms with Gasteiger partial charge in [0.15, 0.2) is 5.82 Å². The molecular formula is C30H37N3O2. The predicted octanol–water partition coefficient (Wildman–Crippen LogP) is 7.25. The summed E-state index contributed by atoms with van der Waals surface area (Å²) < 4.78 is 2.25. The fourth-order valence-electron chi connectivity index (χ4n) is 5.96. The summed E-state index contributed by atoms with van der Waals surface area (Å²) in [5.74, 6) is 2.04. The van der Waals surface area contributed by atoms with Gasteiger partial charge in [-0.25, -0.2) is 14.5 Å². The summed E-state index contributed by atoms with van der Waals surface area (Å²) >= 11 is 0. The third-order valence-corrected chi connectivity index (χ3v) is 7.95. The lowest BCUT2D eigenvalue weighted by molar-refractivity contribution is 0.0697. The molecule has 0 bridgehead atoms. The van der Waals surface area contributed by atoms with Crippen molar-refractivity contribution in [1.29, 1.82) is 0 Å². The highest BCUT2D eigenvalue weighted by Crippen LogP contribution is 2.31. The average molecular weight is 472 g/mol. The van der Waals surface area contributed by atoms with E-state index in [4.69, 9.17) is 10.1 Å². The molecule has 5 rings (SSSR count). The zero-order chi connectivity index (χ0) is 24.0. The molecule has 0 radical (unpaired) electrons. The Bertz CT molecular complexity index is 1120. The van der Waals surface area contributed by atoms with Crippen molar-refractivity contribution in [3.63, 3.8) is 0 Å². The predicted molar refractivity (Wildman–Crippen MR) is 139 cm³/mol. The number of aromatic carboxylic acids is 1. The SMILES string of the molecule is O=C(O)c1ccccc1-c1ccc(Cc2nc(CCC3CCCCC3)nn2C2CCCCC2)cc1. The molecule has 0 spiro atoms. The molecule has 35 heavy (non-hydrogen) atoms. The van der Waals surface area contributed by atoms with Crippen LogP contribution < -0.4 is 0 Å². The van der Waals surface area contributed by atoms with Crippen LogP contribution in [0, 0.1) is 5.92 Å². The summed E-state index contributed by atoms with van der Waals surface area (Å²) in [6.07, 6.45) is 16.1. The second-order valence-corrected chi connectivity index (χ2v) is 10.4. The lowest BCUT2D eigenvalue weighted by Gasteiger charge is -2.23. The number of aromatic nitrogens is 3. The molecule has 0 amide bonds. The number of carboxylic acid groups (broad SMARTS) is 1. The highest BCUT2D eigenvalue weighted by molar-refractivity contribution is 5.95. The van der Waals surface area contributed by atoms with Crippen LogP contribution in [0.15, 0.2) is 48.5 Å². The van der Waals surface area contributed by atoms with Gasteiger partial charge >= 0.3 is 5.97 Å². The van der Waals surface area contributed by atoms with Gasteiger partial charge in [-0.1, -0.05) is 93.8 Å². The van der Waals surface area contributed by atoms with Gasteiger partial charge in [-0.15, -0.1) is 0 Å². The van der Waals surface area contributed by atoms with E-state index < -0.39 is 5.97 Å². The van der Waals surface area contributed by atoms with Crippen LogP contribution in [0.5, 0.6) is 0 Å². The van der Waals surface area contributed by atoms with Gasteiger partial charge in [0.1, 0.15) is 5.82 Å². The van der Waals surface area contributed by atoms with E-state index in [9.17, 15) is 9.90 Å². The molecule has 184 valence electrons. The Kier molecular flexibility index (Phi) is 7.60. The lowest BCUT2D eigenvalue weighted by atomic mass is 9.86. The van der Waals surface area contributed by atoms with E-state index >= 15 is 0 Å². The highest BCUT2D eigenvalue weighted by Gasteiger charge is 2.22. The van der Waals surface area contributed by atoms with E-state index in [1.54, 1.807) is 12.1 Å². The zero-order valence-corrected chi connectivity index (χ0v) is 20.7. The van der Waals surface area contributed by atoms with Gasteiger partial charge in [0.05, 0.1) is 11.6 Å². The molecule has 0 unspecified atom stereocenters. The average Bonchev–Trinajstić information content (AvgIpc) is 3.31. The molecule has 0 aliphatic heterocycles. The van der Waals surface area contributed by atoms with E-state index in [1.807, 2.05) is 24.3 Å². The van der Waals surface area contributed by atoms with Crippen molar-refractivity contribution in [3.05, 3.63) is 71.3 Å². The summed E-state index contributed by atoms with van der Waals surface area (Å²) in [5.41, 5.74) is 3.19. The van der Waals surface area contributed by atoms with Crippen LogP contribution in [0.3, 0.4) is 0 Å². The van der Waals surface area contributed by atoms with Crippen LogP contribution in [0.4, 0.5) is 0 Å². The molecule has 2 fully saturated rings. The molecule has 2 aliphatic rings. The number of benzene rings is 2. The third kappa shape index (κ3) is 5.83. The molecule has 2 saturated carbocycles. The maximum absolute atomic E-state index is 11.6. The topological polar surface area (TPSA) is 68.0 Å². The van der Waals surface area contributed by atoms with Crippen molar-refractivity contribution in [2.45, 2.75) is 89.5 Å². The fourth-order valence-corrected chi connectivity index (χ4v) is 5.96. The lowest BCUT2D eigenvalue weighted by Crippen LogP contribution is -2.17. The molecule has 3 aromatic rings. The molecule has 2 aromatic carbocycles. The van der Waals surface area contributed by atoms with E-state index in [1.165, 1.54) is 76.2 Å². The van der Waals surface area contributed by atoms with Gasteiger partial charge in [0, 0.05) is 12.8 Å². The minimum absolute atomic E-state index is 0.333. The van der Waals surface area contributed by atoms with Gasteiger partial charge in [-0.2, -0.15) is 5.10 Å². The summed E-state index contributed by atoms with van der Waals surface area (Å²) in [5, 5.41) is 14.6. The highest BCUT2D eigenvalue weighted by atomic mass is 16.4. The van der Waals surface area contributed by atoms with Crippen LogP contribution in [-0.4, -0.2) is 25.8 Å². The van der Waals surface area contributed by atoms with Crippen LogP contribution in [0.2, 0.25) is 0 Å². The molecule has 1 aromatic heterocycles. The van der Waals surface area contributed by atoms with Crippen LogP contribution in [0.1, 0.15) is 104 Å². The van der Waals surface area contributed by atoms with Crippen molar-refractivity contribution >= 4 is 5.97 Å². The molecule has 5 nitrogen and oxygen atoms in total. The quantitative estimate of drug-likeness (QED) is 0.376. The summed E-state index contributed by atoms with van der Waals surface area (Å²) in [7, 11) is 0. The molecule has 5 heteroatoms. The Morgan fingerprint density at radius 3 is 2.29 bits per heavy atom. The molecule has 0 atom stereocenters. The first-order valence-corrected chi connectivity index (χ1v) is 13.5. The fraction of sp³-hybridized carbons (Fsp3) is 0.500. The maximum atomic E-state index is 11.6. The second kappa shape index (κ2) is 11.2. The number of carbonyl (C=O) groups is 1. The van der Waals surface area contributed by atoms with Crippen molar-refractivity contribution < 1.29 is 9.90 Å².